The summed E-state index contributed by atoms with van der Waals surface area (Å²) in [5.74, 6) is -0.100. The first-order valence-corrected chi connectivity index (χ1v) is 8.33. The van der Waals surface area contributed by atoms with E-state index in [2.05, 4.69) is 5.32 Å². The summed E-state index contributed by atoms with van der Waals surface area (Å²) >= 11 is 0. The molecule has 0 aliphatic heterocycles. The summed E-state index contributed by atoms with van der Waals surface area (Å²) in [4.78, 5) is 25.8. The molecule has 0 heterocycles. The summed E-state index contributed by atoms with van der Waals surface area (Å²) < 4.78 is 0. The van der Waals surface area contributed by atoms with Gasteiger partial charge in [0.1, 0.15) is 0 Å². The molecule has 21 heavy (non-hydrogen) atoms. The van der Waals surface area contributed by atoms with E-state index in [0.29, 0.717) is 25.3 Å². The molecule has 0 aromatic carbocycles. The number of carboxylic acids is 1. The molecule has 2 aliphatic rings. The first kappa shape index (κ1) is 16.1. The first-order valence-electron chi connectivity index (χ1n) is 8.33. The van der Waals surface area contributed by atoms with Gasteiger partial charge in [-0.3, -0.25) is 4.79 Å². The zero-order valence-electron chi connectivity index (χ0n) is 13.1. The SMILES string of the molecule is CCN(CC1CC1)C(=O)NCC1(C(=O)O)CCCCCC1. The van der Waals surface area contributed by atoms with Crippen LogP contribution in [0.25, 0.3) is 0 Å². The molecule has 2 saturated carbocycles. The first-order chi connectivity index (χ1) is 10.1. The van der Waals surface area contributed by atoms with Crippen LogP contribution in [0.5, 0.6) is 0 Å². The highest BCUT2D eigenvalue weighted by molar-refractivity contribution is 5.78. The second kappa shape index (κ2) is 7.14. The van der Waals surface area contributed by atoms with Gasteiger partial charge in [0, 0.05) is 19.6 Å². The van der Waals surface area contributed by atoms with Gasteiger partial charge >= 0.3 is 12.0 Å². The summed E-state index contributed by atoms with van der Waals surface area (Å²) in [6, 6.07) is -0.103. The lowest BCUT2D eigenvalue weighted by Crippen LogP contribution is -2.48. The van der Waals surface area contributed by atoms with E-state index < -0.39 is 11.4 Å². The minimum atomic E-state index is -0.759. The molecule has 0 spiro atoms. The van der Waals surface area contributed by atoms with Crippen molar-refractivity contribution in [3.63, 3.8) is 0 Å². The fraction of sp³-hybridized carbons (Fsp3) is 0.875. The van der Waals surface area contributed by atoms with Crippen molar-refractivity contribution in [3.8, 4) is 0 Å². The van der Waals surface area contributed by atoms with Crippen molar-refractivity contribution in [2.75, 3.05) is 19.6 Å². The van der Waals surface area contributed by atoms with Crippen molar-refractivity contribution in [1.82, 2.24) is 10.2 Å². The van der Waals surface area contributed by atoms with Crippen LogP contribution in [0, 0.1) is 11.3 Å². The molecule has 0 unspecified atom stereocenters. The van der Waals surface area contributed by atoms with Gasteiger partial charge in [-0.05, 0) is 38.5 Å². The molecule has 0 radical (unpaired) electrons. The van der Waals surface area contributed by atoms with Gasteiger partial charge in [0.05, 0.1) is 5.41 Å². The Hall–Kier alpha value is -1.26. The minimum Gasteiger partial charge on any atom is -0.481 e. The fourth-order valence-corrected chi connectivity index (χ4v) is 3.20. The van der Waals surface area contributed by atoms with Gasteiger partial charge in [0.2, 0.25) is 0 Å². The molecule has 0 saturated heterocycles. The van der Waals surface area contributed by atoms with Gasteiger partial charge in [-0.1, -0.05) is 25.7 Å². The van der Waals surface area contributed by atoms with Crippen LogP contribution in [0.4, 0.5) is 4.79 Å². The van der Waals surface area contributed by atoms with Crippen LogP contribution in [0.15, 0.2) is 0 Å². The number of carboxylic acid groups (broad SMARTS) is 1. The maximum Gasteiger partial charge on any atom is 0.317 e. The fourth-order valence-electron chi connectivity index (χ4n) is 3.20. The van der Waals surface area contributed by atoms with Crippen molar-refractivity contribution < 1.29 is 14.7 Å². The average Bonchev–Trinajstić information content (AvgIpc) is 3.29. The van der Waals surface area contributed by atoms with Gasteiger partial charge in [0.15, 0.2) is 0 Å². The molecule has 2 aliphatic carbocycles. The van der Waals surface area contributed by atoms with E-state index in [0.717, 1.165) is 32.2 Å². The van der Waals surface area contributed by atoms with E-state index in [1.807, 2.05) is 11.8 Å². The Balaban J connectivity index is 1.90. The number of nitrogens with one attached hydrogen (secondary N) is 1. The molecule has 2 fully saturated rings. The zero-order valence-corrected chi connectivity index (χ0v) is 13.1. The van der Waals surface area contributed by atoms with Crippen LogP contribution in [-0.2, 0) is 4.79 Å². The Morgan fingerprint density at radius 1 is 1.19 bits per heavy atom. The smallest absolute Gasteiger partial charge is 0.317 e. The third-order valence-electron chi connectivity index (χ3n) is 4.94. The molecule has 0 atom stereocenters. The van der Waals surface area contributed by atoms with E-state index in [-0.39, 0.29) is 12.6 Å². The number of aliphatic carboxylic acids is 1. The Labute approximate surface area is 127 Å². The maximum atomic E-state index is 12.3. The highest BCUT2D eigenvalue weighted by Gasteiger charge is 2.39. The number of hydrogen-bond acceptors (Lipinski definition) is 2. The summed E-state index contributed by atoms with van der Waals surface area (Å²) in [5.41, 5.74) is -0.759. The highest BCUT2D eigenvalue weighted by Crippen LogP contribution is 2.35. The van der Waals surface area contributed by atoms with Gasteiger partial charge in [-0.25, -0.2) is 4.79 Å². The molecule has 5 heteroatoms. The molecular formula is C16H28N2O3. The molecule has 0 aromatic heterocycles. The summed E-state index contributed by atoms with van der Waals surface area (Å²) in [6.07, 6.45) is 7.88. The number of hydrogen-bond donors (Lipinski definition) is 2. The van der Waals surface area contributed by atoms with Crippen LogP contribution in [-0.4, -0.2) is 41.6 Å². The Kier molecular flexibility index (Phi) is 5.48. The standard InChI is InChI=1S/C16H28N2O3/c1-2-18(11-13-7-8-13)15(21)17-12-16(14(19)20)9-5-3-4-6-10-16/h13H,2-12H2,1H3,(H,17,21)(H,19,20). The van der Waals surface area contributed by atoms with Gasteiger partial charge in [-0.15, -0.1) is 0 Å². The zero-order chi connectivity index (χ0) is 15.3. The molecule has 2 amide bonds. The number of urea groups is 1. The number of nitrogens with zero attached hydrogens (tertiary/aromatic N) is 1. The normalized spacial score (nSPS) is 21.4. The van der Waals surface area contributed by atoms with Crippen LogP contribution in [0.1, 0.15) is 58.3 Å². The molecular weight excluding hydrogens is 268 g/mol. The third-order valence-corrected chi connectivity index (χ3v) is 4.94. The number of carbonyl (C=O) groups is 2. The summed E-state index contributed by atoms with van der Waals surface area (Å²) in [5, 5.41) is 12.5. The van der Waals surface area contributed by atoms with Gasteiger partial charge in [-0.2, -0.15) is 0 Å². The second-order valence-corrected chi connectivity index (χ2v) is 6.64. The van der Waals surface area contributed by atoms with Crippen LogP contribution in [0.3, 0.4) is 0 Å². The number of amides is 2. The molecule has 2 N–H and O–H groups in total. The molecule has 0 aromatic rings. The topological polar surface area (TPSA) is 69.6 Å². The van der Waals surface area contributed by atoms with E-state index in [1.165, 1.54) is 12.8 Å². The van der Waals surface area contributed by atoms with E-state index in [9.17, 15) is 14.7 Å². The van der Waals surface area contributed by atoms with Crippen LogP contribution < -0.4 is 5.32 Å². The summed E-state index contributed by atoms with van der Waals surface area (Å²) in [6.45, 7) is 3.73. The molecule has 5 nitrogen and oxygen atoms in total. The van der Waals surface area contributed by atoms with Crippen molar-refractivity contribution in [2.24, 2.45) is 11.3 Å². The quantitative estimate of drug-likeness (QED) is 0.740. The minimum absolute atomic E-state index is 0.103. The Bertz CT molecular complexity index is 372. The third kappa shape index (κ3) is 4.35. The lowest BCUT2D eigenvalue weighted by atomic mass is 9.80. The predicted molar refractivity (Wildman–Crippen MR) is 81.1 cm³/mol. The predicted octanol–water partition coefficient (Wildman–Crippen LogP) is 2.85. The number of rotatable bonds is 6. The van der Waals surface area contributed by atoms with Crippen molar-refractivity contribution >= 4 is 12.0 Å². The average molecular weight is 296 g/mol. The number of carbonyl (C=O) groups excluding carboxylic acids is 1. The van der Waals surface area contributed by atoms with Crippen LogP contribution in [0.2, 0.25) is 0 Å². The van der Waals surface area contributed by atoms with Gasteiger partial charge in [0.25, 0.3) is 0 Å². The molecule has 2 rings (SSSR count). The van der Waals surface area contributed by atoms with E-state index in [1.54, 1.807) is 0 Å². The lowest BCUT2D eigenvalue weighted by molar-refractivity contribution is -0.149. The van der Waals surface area contributed by atoms with Crippen molar-refractivity contribution in [3.05, 3.63) is 0 Å². The largest absolute Gasteiger partial charge is 0.481 e. The molecule has 120 valence electrons. The lowest BCUT2D eigenvalue weighted by Gasteiger charge is -2.30. The van der Waals surface area contributed by atoms with E-state index in [4.69, 9.17) is 0 Å². The van der Waals surface area contributed by atoms with E-state index >= 15 is 0 Å². The maximum absolute atomic E-state index is 12.3. The van der Waals surface area contributed by atoms with Crippen LogP contribution >= 0.6 is 0 Å². The highest BCUT2D eigenvalue weighted by atomic mass is 16.4. The van der Waals surface area contributed by atoms with Gasteiger partial charge < -0.3 is 15.3 Å². The monoisotopic (exact) mass is 296 g/mol. The van der Waals surface area contributed by atoms with Crippen molar-refractivity contribution in [1.29, 1.82) is 0 Å². The Morgan fingerprint density at radius 2 is 1.81 bits per heavy atom. The van der Waals surface area contributed by atoms with Crippen molar-refractivity contribution in [2.45, 2.75) is 58.3 Å². The molecule has 0 bridgehead atoms. The second-order valence-electron chi connectivity index (χ2n) is 6.64. The Morgan fingerprint density at radius 3 is 2.29 bits per heavy atom. The summed E-state index contributed by atoms with van der Waals surface area (Å²) in [7, 11) is 0.